The number of thioether (sulfide) groups is 1. The lowest BCUT2D eigenvalue weighted by Crippen LogP contribution is -2.26. The molecule has 1 aromatic heterocycles. The first-order valence-electron chi connectivity index (χ1n) is 10.0. The van der Waals surface area contributed by atoms with E-state index in [0.29, 0.717) is 0 Å². The summed E-state index contributed by atoms with van der Waals surface area (Å²) >= 11 is 1.82. The van der Waals surface area contributed by atoms with Gasteiger partial charge >= 0.3 is 0 Å². The molecule has 148 valence electrons. The van der Waals surface area contributed by atoms with Crippen molar-refractivity contribution in [3.05, 3.63) is 34.6 Å². The van der Waals surface area contributed by atoms with Gasteiger partial charge in [-0.05, 0) is 57.9 Å². The number of nitrogens with zero attached hydrogens (tertiary/aromatic N) is 3. The summed E-state index contributed by atoms with van der Waals surface area (Å²) in [6.45, 7) is 17.0. The van der Waals surface area contributed by atoms with Crippen LogP contribution in [0, 0.1) is 27.7 Å². The van der Waals surface area contributed by atoms with E-state index in [1.54, 1.807) is 0 Å². The molecule has 5 heteroatoms. The Labute approximate surface area is 169 Å². The SMILES string of the molecule is CCCCN(CC)c1nc(C)nc(Nc2c(C)cc(C)cc2C)c1SCC. The molecule has 1 heterocycles. The van der Waals surface area contributed by atoms with Crippen LogP contribution in [-0.4, -0.2) is 28.8 Å². The zero-order valence-electron chi connectivity index (χ0n) is 17.9. The van der Waals surface area contributed by atoms with Gasteiger partial charge < -0.3 is 10.2 Å². The topological polar surface area (TPSA) is 41.1 Å². The van der Waals surface area contributed by atoms with Gasteiger partial charge in [-0.3, -0.25) is 0 Å². The number of unbranched alkanes of at least 4 members (excludes halogenated alkanes) is 1. The fraction of sp³-hybridized carbons (Fsp3) is 0.545. The van der Waals surface area contributed by atoms with Gasteiger partial charge in [0, 0.05) is 18.8 Å². The van der Waals surface area contributed by atoms with Crippen molar-refractivity contribution in [3.63, 3.8) is 0 Å². The van der Waals surface area contributed by atoms with Crippen molar-refractivity contribution < 1.29 is 0 Å². The number of benzene rings is 1. The first kappa shape index (κ1) is 21.5. The average molecular weight is 387 g/mol. The minimum Gasteiger partial charge on any atom is -0.356 e. The number of aromatic nitrogens is 2. The highest BCUT2D eigenvalue weighted by Crippen LogP contribution is 2.37. The molecule has 4 nitrogen and oxygen atoms in total. The van der Waals surface area contributed by atoms with Gasteiger partial charge in [0.25, 0.3) is 0 Å². The Morgan fingerprint density at radius 1 is 1.00 bits per heavy atom. The normalized spacial score (nSPS) is 10.9. The summed E-state index contributed by atoms with van der Waals surface area (Å²) in [6, 6.07) is 4.44. The smallest absolute Gasteiger partial charge is 0.150 e. The maximum Gasteiger partial charge on any atom is 0.150 e. The van der Waals surface area contributed by atoms with E-state index in [9.17, 15) is 0 Å². The number of anilines is 3. The number of hydrogen-bond acceptors (Lipinski definition) is 5. The van der Waals surface area contributed by atoms with Crippen LogP contribution in [0.25, 0.3) is 0 Å². The van der Waals surface area contributed by atoms with Crippen LogP contribution in [0.2, 0.25) is 0 Å². The molecule has 1 N–H and O–H groups in total. The van der Waals surface area contributed by atoms with Crippen LogP contribution in [-0.2, 0) is 0 Å². The first-order chi connectivity index (χ1) is 12.9. The van der Waals surface area contributed by atoms with Gasteiger partial charge in [-0.15, -0.1) is 11.8 Å². The molecule has 0 atom stereocenters. The highest BCUT2D eigenvalue weighted by atomic mass is 32.2. The monoisotopic (exact) mass is 386 g/mol. The lowest BCUT2D eigenvalue weighted by Gasteiger charge is -2.26. The molecule has 0 radical (unpaired) electrons. The van der Waals surface area contributed by atoms with Crippen LogP contribution in [0.15, 0.2) is 17.0 Å². The van der Waals surface area contributed by atoms with Crippen molar-refractivity contribution in [2.75, 3.05) is 29.1 Å². The lowest BCUT2D eigenvalue weighted by molar-refractivity contribution is 0.714. The molecule has 0 saturated carbocycles. The Kier molecular flexibility index (Phi) is 7.96. The second kappa shape index (κ2) is 9.98. The third-order valence-corrected chi connectivity index (χ3v) is 5.58. The minimum atomic E-state index is 0.810. The summed E-state index contributed by atoms with van der Waals surface area (Å²) in [5, 5.41) is 3.64. The molecule has 0 aliphatic carbocycles. The maximum absolute atomic E-state index is 4.83. The molecule has 0 spiro atoms. The largest absolute Gasteiger partial charge is 0.356 e. The van der Waals surface area contributed by atoms with E-state index in [0.717, 1.165) is 46.9 Å². The van der Waals surface area contributed by atoms with E-state index < -0.39 is 0 Å². The quantitative estimate of drug-likeness (QED) is 0.520. The lowest BCUT2D eigenvalue weighted by atomic mass is 10.1. The van der Waals surface area contributed by atoms with E-state index in [1.807, 2.05) is 18.7 Å². The van der Waals surface area contributed by atoms with Gasteiger partial charge in [-0.1, -0.05) is 38.0 Å². The summed E-state index contributed by atoms with van der Waals surface area (Å²) in [6.07, 6.45) is 2.36. The predicted molar refractivity (Wildman–Crippen MR) is 120 cm³/mol. The Morgan fingerprint density at radius 3 is 2.22 bits per heavy atom. The van der Waals surface area contributed by atoms with Crippen molar-refractivity contribution in [3.8, 4) is 0 Å². The first-order valence-corrected chi connectivity index (χ1v) is 11.0. The molecule has 0 unspecified atom stereocenters. The van der Waals surface area contributed by atoms with Gasteiger partial charge in [-0.2, -0.15) is 0 Å². The maximum atomic E-state index is 4.83. The fourth-order valence-electron chi connectivity index (χ4n) is 3.38. The molecule has 0 bridgehead atoms. The van der Waals surface area contributed by atoms with Crippen molar-refractivity contribution in [1.82, 2.24) is 9.97 Å². The number of aryl methyl sites for hydroxylation is 4. The average Bonchev–Trinajstić information content (AvgIpc) is 2.61. The predicted octanol–water partition coefficient (Wildman–Crippen LogP) is 6.19. The molecule has 1 aromatic carbocycles. The van der Waals surface area contributed by atoms with Crippen molar-refractivity contribution in [2.24, 2.45) is 0 Å². The van der Waals surface area contributed by atoms with Crippen LogP contribution >= 0.6 is 11.8 Å². The van der Waals surface area contributed by atoms with Crippen molar-refractivity contribution in [1.29, 1.82) is 0 Å². The molecule has 0 saturated heterocycles. The van der Waals surface area contributed by atoms with Crippen LogP contribution in [0.5, 0.6) is 0 Å². The van der Waals surface area contributed by atoms with E-state index >= 15 is 0 Å². The zero-order valence-corrected chi connectivity index (χ0v) is 18.8. The molecule has 27 heavy (non-hydrogen) atoms. The molecule has 2 rings (SSSR count). The van der Waals surface area contributed by atoms with Crippen molar-refractivity contribution in [2.45, 2.75) is 66.2 Å². The van der Waals surface area contributed by atoms with E-state index in [1.165, 1.54) is 29.5 Å². The van der Waals surface area contributed by atoms with Crippen LogP contribution in [0.3, 0.4) is 0 Å². The van der Waals surface area contributed by atoms with E-state index in [2.05, 4.69) is 63.9 Å². The van der Waals surface area contributed by atoms with Gasteiger partial charge in [0.1, 0.15) is 17.5 Å². The number of rotatable bonds is 9. The van der Waals surface area contributed by atoms with Gasteiger partial charge in [0.05, 0.1) is 4.90 Å². The molecular weight excluding hydrogens is 352 g/mol. The van der Waals surface area contributed by atoms with Gasteiger partial charge in [0.15, 0.2) is 0 Å². The molecule has 0 aliphatic rings. The molecule has 0 amide bonds. The molecular formula is C22H34N4S. The zero-order chi connectivity index (χ0) is 20.0. The summed E-state index contributed by atoms with van der Waals surface area (Å²) in [4.78, 5) is 13.1. The highest BCUT2D eigenvalue weighted by molar-refractivity contribution is 7.99. The minimum absolute atomic E-state index is 0.810. The standard InChI is InChI=1S/C22H34N4S/c1-8-11-12-26(9-2)22-20(27-10-3)21(23-18(7)24-22)25-19-16(5)13-15(4)14-17(19)6/h13-14H,8-12H2,1-7H3,(H,23,24,25). The second-order valence-electron chi connectivity index (χ2n) is 7.04. The van der Waals surface area contributed by atoms with Gasteiger partial charge in [0.2, 0.25) is 0 Å². The third kappa shape index (κ3) is 5.38. The van der Waals surface area contributed by atoms with Gasteiger partial charge in [-0.25, -0.2) is 9.97 Å². The second-order valence-corrected chi connectivity index (χ2v) is 8.31. The number of nitrogens with one attached hydrogen (secondary N) is 1. The summed E-state index contributed by atoms with van der Waals surface area (Å²) in [5.74, 6) is 3.79. The summed E-state index contributed by atoms with van der Waals surface area (Å²) in [7, 11) is 0. The Bertz CT molecular complexity index is 750. The summed E-state index contributed by atoms with van der Waals surface area (Å²) in [5.41, 5.74) is 4.93. The molecule has 0 fully saturated rings. The van der Waals surface area contributed by atoms with Crippen LogP contribution in [0.1, 0.15) is 56.1 Å². The van der Waals surface area contributed by atoms with E-state index in [-0.39, 0.29) is 0 Å². The fourth-order valence-corrected chi connectivity index (χ4v) is 4.21. The third-order valence-electron chi connectivity index (χ3n) is 4.63. The van der Waals surface area contributed by atoms with Crippen LogP contribution in [0.4, 0.5) is 17.3 Å². The summed E-state index contributed by atoms with van der Waals surface area (Å²) < 4.78 is 0. The molecule has 2 aromatic rings. The Hall–Kier alpha value is -1.75. The highest BCUT2D eigenvalue weighted by Gasteiger charge is 2.19. The molecule has 0 aliphatic heterocycles. The van der Waals surface area contributed by atoms with Crippen molar-refractivity contribution >= 4 is 29.1 Å². The number of hydrogen-bond donors (Lipinski definition) is 1. The Morgan fingerprint density at radius 2 is 1.67 bits per heavy atom. The van der Waals surface area contributed by atoms with Crippen LogP contribution < -0.4 is 10.2 Å². The van der Waals surface area contributed by atoms with E-state index in [4.69, 9.17) is 9.97 Å². The Balaban J connectivity index is 2.52.